The van der Waals surface area contributed by atoms with Crippen LogP contribution in [0.3, 0.4) is 0 Å². The zero-order valence-electron chi connectivity index (χ0n) is 18.1. The minimum absolute atomic E-state index is 0.0368. The van der Waals surface area contributed by atoms with Gasteiger partial charge in [0.05, 0.1) is 5.69 Å². The Morgan fingerprint density at radius 3 is 2.57 bits per heavy atom. The van der Waals surface area contributed by atoms with Crippen molar-refractivity contribution in [1.82, 2.24) is 20.7 Å². The Kier molecular flexibility index (Phi) is 5.59. The van der Waals surface area contributed by atoms with Crippen molar-refractivity contribution in [2.24, 2.45) is 11.3 Å². The number of hydrogen-bond acceptors (Lipinski definition) is 5. The molecular weight excluding hydrogens is 384 g/mol. The van der Waals surface area contributed by atoms with Crippen molar-refractivity contribution in [3.05, 3.63) is 17.0 Å². The van der Waals surface area contributed by atoms with Crippen LogP contribution in [-0.2, 0) is 22.4 Å². The molecule has 1 aliphatic carbocycles. The highest BCUT2D eigenvalue weighted by Gasteiger charge is 2.36. The summed E-state index contributed by atoms with van der Waals surface area (Å²) >= 11 is 0. The van der Waals surface area contributed by atoms with E-state index in [-0.39, 0.29) is 23.7 Å². The van der Waals surface area contributed by atoms with Gasteiger partial charge in [0, 0.05) is 31.0 Å². The molecule has 4 rings (SSSR count). The molecule has 1 aromatic heterocycles. The van der Waals surface area contributed by atoms with Gasteiger partial charge in [0.15, 0.2) is 0 Å². The van der Waals surface area contributed by atoms with Gasteiger partial charge in [0.2, 0.25) is 5.91 Å². The SMILES string of the molecule is CC(C)(C)[C@@H]1CCc2noc(C3CCN(C(=O)CC[C@H]4NC(=O)NC4=O)CC3)c2C1. The number of nitrogens with one attached hydrogen (secondary N) is 2. The van der Waals surface area contributed by atoms with Crippen LogP contribution >= 0.6 is 0 Å². The summed E-state index contributed by atoms with van der Waals surface area (Å²) in [6, 6.07) is -1.09. The Balaban J connectivity index is 1.31. The van der Waals surface area contributed by atoms with Crippen LogP contribution in [-0.4, -0.2) is 47.0 Å². The van der Waals surface area contributed by atoms with Gasteiger partial charge in [0.1, 0.15) is 11.8 Å². The van der Waals surface area contributed by atoms with E-state index in [0.717, 1.165) is 43.6 Å². The third-order valence-corrected chi connectivity index (χ3v) is 7.03. The van der Waals surface area contributed by atoms with Crippen LogP contribution < -0.4 is 10.6 Å². The number of nitrogens with zero attached hydrogens (tertiary/aromatic N) is 2. The van der Waals surface area contributed by atoms with E-state index in [1.165, 1.54) is 5.56 Å². The lowest BCUT2D eigenvalue weighted by atomic mass is 9.71. The molecular formula is C22H32N4O4. The van der Waals surface area contributed by atoms with Gasteiger partial charge in [-0.3, -0.25) is 14.9 Å². The number of likely N-dealkylation sites (tertiary alicyclic amines) is 1. The molecule has 0 aromatic carbocycles. The van der Waals surface area contributed by atoms with E-state index in [4.69, 9.17) is 4.52 Å². The van der Waals surface area contributed by atoms with Crippen LogP contribution in [0.4, 0.5) is 4.79 Å². The van der Waals surface area contributed by atoms with Crippen LogP contribution in [0.5, 0.6) is 0 Å². The molecule has 3 heterocycles. The van der Waals surface area contributed by atoms with Gasteiger partial charge < -0.3 is 14.7 Å². The third kappa shape index (κ3) is 4.23. The molecule has 30 heavy (non-hydrogen) atoms. The van der Waals surface area contributed by atoms with Gasteiger partial charge >= 0.3 is 6.03 Å². The molecule has 0 radical (unpaired) electrons. The van der Waals surface area contributed by atoms with Crippen molar-refractivity contribution in [2.75, 3.05) is 13.1 Å². The monoisotopic (exact) mass is 416 g/mol. The lowest BCUT2D eigenvalue weighted by Crippen LogP contribution is -2.39. The molecule has 4 amide bonds. The van der Waals surface area contributed by atoms with Crippen molar-refractivity contribution in [2.45, 2.75) is 77.7 Å². The van der Waals surface area contributed by atoms with Crippen molar-refractivity contribution in [3.8, 4) is 0 Å². The first-order valence-electron chi connectivity index (χ1n) is 11.1. The average molecular weight is 417 g/mol. The molecule has 8 nitrogen and oxygen atoms in total. The fourth-order valence-corrected chi connectivity index (χ4v) is 4.97. The second kappa shape index (κ2) is 8.04. The summed E-state index contributed by atoms with van der Waals surface area (Å²) in [6.07, 6.45) is 5.51. The summed E-state index contributed by atoms with van der Waals surface area (Å²) in [6.45, 7) is 8.29. The van der Waals surface area contributed by atoms with Gasteiger partial charge in [0.25, 0.3) is 5.91 Å². The van der Waals surface area contributed by atoms with Crippen LogP contribution in [0.25, 0.3) is 0 Å². The topological polar surface area (TPSA) is 105 Å². The first kappa shape index (κ1) is 20.9. The number of carbonyl (C=O) groups is 3. The highest BCUT2D eigenvalue weighted by atomic mass is 16.5. The minimum Gasteiger partial charge on any atom is -0.361 e. The van der Waals surface area contributed by atoms with E-state index in [1.54, 1.807) is 0 Å². The van der Waals surface area contributed by atoms with E-state index in [9.17, 15) is 14.4 Å². The third-order valence-electron chi connectivity index (χ3n) is 7.03. The molecule has 3 aliphatic rings. The summed E-state index contributed by atoms with van der Waals surface area (Å²) in [5, 5.41) is 9.10. The second-order valence-corrected chi connectivity index (χ2v) is 9.99. The second-order valence-electron chi connectivity index (χ2n) is 9.99. The summed E-state index contributed by atoms with van der Waals surface area (Å²) in [5.74, 6) is 1.67. The predicted octanol–water partition coefficient (Wildman–Crippen LogP) is 2.52. The number of imide groups is 1. The number of urea groups is 1. The Morgan fingerprint density at radius 2 is 1.93 bits per heavy atom. The smallest absolute Gasteiger partial charge is 0.322 e. The van der Waals surface area contributed by atoms with Gasteiger partial charge in [-0.15, -0.1) is 0 Å². The van der Waals surface area contributed by atoms with E-state index < -0.39 is 12.1 Å². The van der Waals surface area contributed by atoms with Crippen molar-refractivity contribution in [3.63, 3.8) is 0 Å². The molecule has 2 N–H and O–H groups in total. The van der Waals surface area contributed by atoms with E-state index in [2.05, 4.69) is 36.6 Å². The molecule has 164 valence electrons. The normalized spacial score (nSPS) is 25.1. The van der Waals surface area contributed by atoms with Gasteiger partial charge in [-0.05, 0) is 49.9 Å². The number of hydrogen-bond donors (Lipinski definition) is 2. The first-order valence-corrected chi connectivity index (χ1v) is 11.1. The lowest BCUT2D eigenvalue weighted by molar-refractivity contribution is -0.132. The maximum atomic E-state index is 12.6. The van der Waals surface area contributed by atoms with Gasteiger partial charge in [-0.1, -0.05) is 25.9 Å². The fraction of sp³-hybridized carbons (Fsp3) is 0.727. The number of aryl methyl sites for hydroxylation is 1. The molecule has 0 spiro atoms. The van der Waals surface area contributed by atoms with Gasteiger partial charge in [-0.2, -0.15) is 0 Å². The fourth-order valence-electron chi connectivity index (χ4n) is 4.97. The maximum absolute atomic E-state index is 12.6. The van der Waals surface area contributed by atoms with Crippen LogP contribution in [0, 0.1) is 11.3 Å². The number of rotatable bonds is 4. The number of aromatic nitrogens is 1. The van der Waals surface area contributed by atoms with E-state index in [1.807, 2.05) is 4.90 Å². The Hall–Kier alpha value is -2.38. The molecule has 8 heteroatoms. The molecule has 0 bridgehead atoms. The summed E-state index contributed by atoms with van der Waals surface area (Å²) < 4.78 is 5.81. The Bertz CT molecular complexity index is 833. The summed E-state index contributed by atoms with van der Waals surface area (Å²) in [7, 11) is 0. The quantitative estimate of drug-likeness (QED) is 0.734. The number of carbonyl (C=O) groups excluding carboxylic acids is 3. The molecule has 2 aliphatic heterocycles. The van der Waals surface area contributed by atoms with Crippen LogP contribution in [0.15, 0.2) is 4.52 Å². The number of piperidine rings is 1. The van der Waals surface area contributed by atoms with Crippen molar-refractivity contribution < 1.29 is 18.9 Å². The largest absolute Gasteiger partial charge is 0.361 e. The number of fused-ring (bicyclic) bond motifs is 1. The molecule has 2 fully saturated rings. The highest BCUT2D eigenvalue weighted by Crippen LogP contribution is 2.41. The zero-order valence-corrected chi connectivity index (χ0v) is 18.1. The van der Waals surface area contributed by atoms with Crippen LogP contribution in [0.1, 0.15) is 75.8 Å². The molecule has 1 aromatic rings. The van der Waals surface area contributed by atoms with Crippen LogP contribution in [0.2, 0.25) is 0 Å². The summed E-state index contributed by atoms with van der Waals surface area (Å²) in [5.41, 5.74) is 2.72. The zero-order chi connectivity index (χ0) is 21.5. The molecule has 2 saturated heterocycles. The minimum atomic E-state index is -0.601. The predicted molar refractivity (Wildman–Crippen MR) is 110 cm³/mol. The summed E-state index contributed by atoms with van der Waals surface area (Å²) in [4.78, 5) is 37.2. The van der Waals surface area contributed by atoms with E-state index in [0.29, 0.717) is 31.3 Å². The van der Waals surface area contributed by atoms with Crippen molar-refractivity contribution >= 4 is 17.8 Å². The standard InChI is InChI=1S/C22H32N4O4/c1-22(2,3)14-4-5-16-15(12-14)19(30-25-16)13-8-10-26(11-9-13)18(27)7-6-17-20(28)24-21(29)23-17/h13-14,17H,4-12H2,1-3H3,(H2,23,24,28,29)/t14-,17-/m1/s1. The highest BCUT2D eigenvalue weighted by molar-refractivity contribution is 6.04. The average Bonchev–Trinajstić information content (AvgIpc) is 3.27. The Morgan fingerprint density at radius 1 is 1.20 bits per heavy atom. The van der Waals surface area contributed by atoms with Gasteiger partial charge in [-0.25, -0.2) is 4.79 Å². The van der Waals surface area contributed by atoms with E-state index >= 15 is 0 Å². The van der Waals surface area contributed by atoms with Crippen molar-refractivity contribution in [1.29, 1.82) is 0 Å². The molecule has 0 saturated carbocycles. The Labute approximate surface area is 177 Å². The first-order chi connectivity index (χ1) is 14.2. The molecule has 2 atom stereocenters. The lowest BCUT2D eigenvalue weighted by Gasteiger charge is -2.35. The number of amides is 4. The molecule has 0 unspecified atom stereocenters. The maximum Gasteiger partial charge on any atom is 0.322 e.